The number of nitrogens with one attached hydrogen (secondary N) is 1. The molecule has 140 valence electrons. The Morgan fingerprint density at radius 1 is 1.12 bits per heavy atom. The van der Waals surface area contributed by atoms with Crippen molar-refractivity contribution >= 4 is 23.4 Å². The average Bonchev–Trinajstić information content (AvgIpc) is 2.66. The molecule has 26 heavy (non-hydrogen) atoms. The van der Waals surface area contributed by atoms with Gasteiger partial charge in [-0.15, -0.1) is 11.8 Å². The summed E-state index contributed by atoms with van der Waals surface area (Å²) in [5, 5.41) is 2.97. The monoisotopic (exact) mass is 374 g/mol. The Labute approximate surface area is 159 Å². The van der Waals surface area contributed by atoms with Crippen LogP contribution in [0.1, 0.15) is 6.42 Å². The third-order valence-corrected chi connectivity index (χ3v) is 4.60. The molecule has 0 heterocycles. The van der Waals surface area contributed by atoms with E-state index in [1.165, 1.54) is 0 Å². The summed E-state index contributed by atoms with van der Waals surface area (Å²) in [6, 6.07) is 15.3. The standard InChI is InChI=1S/C20H26N2O3S/c1-22(13-6-14-25-17-11-9-16(24-2)10-12-17)15-20(23)21-18-7-4-5-8-19(18)26-3/h4-5,7-12H,6,13-15H2,1-3H3,(H,21,23). The Morgan fingerprint density at radius 2 is 1.81 bits per heavy atom. The second-order valence-electron chi connectivity index (χ2n) is 5.86. The van der Waals surface area contributed by atoms with E-state index in [2.05, 4.69) is 5.32 Å². The van der Waals surface area contributed by atoms with E-state index in [1.807, 2.05) is 66.7 Å². The Bertz CT molecular complexity index is 692. The first-order valence-corrected chi connectivity index (χ1v) is 9.73. The highest BCUT2D eigenvalue weighted by atomic mass is 32.2. The summed E-state index contributed by atoms with van der Waals surface area (Å²) < 4.78 is 10.8. The number of hydrogen-bond donors (Lipinski definition) is 1. The molecule has 2 aromatic rings. The smallest absolute Gasteiger partial charge is 0.238 e. The molecule has 0 aliphatic carbocycles. The van der Waals surface area contributed by atoms with Crippen molar-refractivity contribution < 1.29 is 14.3 Å². The summed E-state index contributed by atoms with van der Waals surface area (Å²) in [5.74, 6) is 1.62. The number of thioether (sulfide) groups is 1. The first-order valence-electron chi connectivity index (χ1n) is 8.50. The van der Waals surface area contributed by atoms with Crippen molar-refractivity contribution in [1.82, 2.24) is 4.90 Å². The van der Waals surface area contributed by atoms with Crippen molar-refractivity contribution in [1.29, 1.82) is 0 Å². The zero-order valence-electron chi connectivity index (χ0n) is 15.5. The molecule has 5 nitrogen and oxygen atoms in total. The van der Waals surface area contributed by atoms with Crippen LogP contribution >= 0.6 is 11.8 Å². The fourth-order valence-electron chi connectivity index (χ4n) is 2.46. The molecule has 6 heteroatoms. The van der Waals surface area contributed by atoms with Gasteiger partial charge in [-0.25, -0.2) is 0 Å². The number of para-hydroxylation sites is 1. The van der Waals surface area contributed by atoms with E-state index >= 15 is 0 Å². The molecule has 2 aromatic carbocycles. The SMILES string of the molecule is COc1ccc(OCCCN(C)CC(=O)Nc2ccccc2SC)cc1. The lowest BCUT2D eigenvalue weighted by molar-refractivity contribution is -0.117. The summed E-state index contributed by atoms with van der Waals surface area (Å²) in [7, 11) is 3.58. The van der Waals surface area contributed by atoms with Crippen molar-refractivity contribution in [2.24, 2.45) is 0 Å². The quantitative estimate of drug-likeness (QED) is 0.507. The fourth-order valence-corrected chi connectivity index (χ4v) is 3.01. The highest BCUT2D eigenvalue weighted by Crippen LogP contribution is 2.24. The van der Waals surface area contributed by atoms with Crippen molar-refractivity contribution in [3.63, 3.8) is 0 Å². The summed E-state index contributed by atoms with van der Waals surface area (Å²) in [6.45, 7) is 1.74. The number of amides is 1. The molecule has 1 N–H and O–H groups in total. The van der Waals surface area contributed by atoms with E-state index in [1.54, 1.807) is 18.9 Å². The number of anilines is 1. The second-order valence-corrected chi connectivity index (χ2v) is 6.71. The number of methoxy groups -OCH3 is 1. The van der Waals surface area contributed by atoms with Crippen LogP contribution in [0.3, 0.4) is 0 Å². The van der Waals surface area contributed by atoms with Gasteiger partial charge in [-0.2, -0.15) is 0 Å². The molecular weight excluding hydrogens is 348 g/mol. The normalized spacial score (nSPS) is 10.6. The summed E-state index contributed by atoms with van der Waals surface area (Å²) >= 11 is 1.62. The highest BCUT2D eigenvalue weighted by Gasteiger charge is 2.09. The molecule has 2 rings (SSSR count). The minimum absolute atomic E-state index is 0.00919. The van der Waals surface area contributed by atoms with Gasteiger partial charge in [0.2, 0.25) is 5.91 Å². The molecule has 0 radical (unpaired) electrons. The first kappa shape index (κ1) is 20.1. The summed E-state index contributed by atoms with van der Waals surface area (Å²) in [5.41, 5.74) is 0.862. The lowest BCUT2D eigenvalue weighted by Gasteiger charge is -2.17. The molecule has 0 saturated carbocycles. The number of carbonyl (C=O) groups is 1. The summed E-state index contributed by atoms with van der Waals surface area (Å²) in [6.07, 6.45) is 2.84. The minimum Gasteiger partial charge on any atom is -0.497 e. The highest BCUT2D eigenvalue weighted by molar-refractivity contribution is 7.98. The molecule has 0 spiro atoms. The molecule has 1 amide bonds. The van der Waals surface area contributed by atoms with Crippen LogP contribution < -0.4 is 14.8 Å². The van der Waals surface area contributed by atoms with Crippen molar-refractivity contribution in [3.8, 4) is 11.5 Å². The molecule has 0 fully saturated rings. The number of hydrogen-bond acceptors (Lipinski definition) is 5. The third kappa shape index (κ3) is 6.61. The van der Waals surface area contributed by atoms with Crippen LogP contribution in [0.15, 0.2) is 53.4 Å². The van der Waals surface area contributed by atoms with Gasteiger partial charge in [0.15, 0.2) is 0 Å². The van der Waals surface area contributed by atoms with Crippen molar-refractivity contribution in [2.45, 2.75) is 11.3 Å². The predicted octanol–water partition coefficient (Wildman–Crippen LogP) is 3.76. The maximum atomic E-state index is 12.2. The van der Waals surface area contributed by atoms with Crippen LogP contribution in [0.2, 0.25) is 0 Å². The maximum Gasteiger partial charge on any atom is 0.238 e. The van der Waals surface area contributed by atoms with E-state index in [-0.39, 0.29) is 5.91 Å². The Balaban J connectivity index is 1.67. The largest absolute Gasteiger partial charge is 0.497 e. The van der Waals surface area contributed by atoms with Gasteiger partial charge in [0, 0.05) is 11.4 Å². The lowest BCUT2D eigenvalue weighted by atomic mass is 10.3. The molecule has 0 saturated heterocycles. The topological polar surface area (TPSA) is 50.8 Å². The van der Waals surface area contributed by atoms with Crippen LogP contribution in [0.4, 0.5) is 5.69 Å². The Morgan fingerprint density at radius 3 is 2.50 bits per heavy atom. The summed E-state index contributed by atoms with van der Waals surface area (Å²) in [4.78, 5) is 15.3. The predicted molar refractivity (Wildman–Crippen MR) is 107 cm³/mol. The van der Waals surface area contributed by atoms with Crippen LogP contribution in [0.5, 0.6) is 11.5 Å². The van der Waals surface area contributed by atoms with E-state index in [4.69, 9.17) is 9.47 Å². The maximum absolute atomic E-state index is 12.2. The molecule has 0 bridgehead atoms. The van der Waals surface area contributed by atoms with Gasteiger partial charge < -0.3 is 14.8 Å². The molecule has 0 unspecified atom stereocenters. The van der Waals surface area contributed by atoms with E-state index in [0.717, 1.165) is 35.0 Å². The van der Waals surface area contributed by atoms with Crippen LogP contribution in [-0.2, 0) is 4.79 Å². The minimum atomic E-state index is -0.00919. The van der Waals surface area contributed by atoms with Crippen LogP contribution in [-0.4, -0.2) is 50.9 Å². The first-order chi connectivity index (χ1) is 12.6. The molecule has 0 aliphatic heterocycles. The van der Waals surface area contributed by atoms with Gasteiger partial charge in [0.1, 0.15) is 11.5 Å². The number of benzene rings is 2. The van der Waals surface area contributed by atoms with Crippen LogP contribution in [0.25, 0.3) is 0 Å². The Hall–Kier alpha value is -2.18. The van der Waals surface area contributed by atoms with E-state index in [0.29, 0.717) is 13.2 Å². The van der Waals surface area contributed by atoms with E-state index < -0.39 is 0 Å². The second kappa shape index (κ2) is 10.7. The molecule has 0 aromatic heterocycles. The van der Waals surface area contributed by atoms with Crippen molar-refractivity contribution in [3.05, 3.63) is 48.5 Å². The van der Waals surface area contributed by atoms with Gasteiger partial charge >= 0.3 is 0 Å². The van der Waals surface area contributed by atoms with Crippen LogP contribution in [0, 0.1) is 0 Å². The average molecular weight is 375 g/mol. The van der Waals surface area contributed by atoms with Gasteiger partial charge in [-0.1, -0.05) is 12.1 Å². The molecule has 0 aliphatic rings. The lowest BCUT2D eigenvalue weighted by Crippen LogP contribution is -2.31. The van der Waals surface area contributed by atoms with Gasteiger partial charge in [0.05, 0.1) is 25.9 Å². The zero-order valence-corrected chi connectivity index (χ0v) is 16.3. The number of likely N-dealkylation sites (N-methyl/N-ethyl adjacent to an activating group) is 1. The zero-order chi connectivity index (χ0) is 18.8. The molecular formula is C20H26N2O3S. The number of nitrogens with zero attached hydrogens (tertiary/aromatic N) is 1. The Kier molecular flexibility index (Phi) is 8.31. The number of rotatable bonds is 10. The fraction of sp³-hybridized carbons (Fsp3) is 0.350. The van der Waals surface area contributed by atoms with Gasteiger partial charge in [0.25, 0.3) is 0 Å². The van der Waals surface area contributed by atoms with E-state index in [9.17, 15) is 4.79 Å². The number of ether oxygens (including phenoxy) is 2. The molecule has 0 atom stereocenters. The third-order valence-electron chi connectivity index (χ3n) is 3.81. The van der Waals surface area contributed by atoms with Gasteiger partial charge in [-0.05, 0) is 56.1 Å². The number of carbonyl (C=O) groups excluding carboxylic acids is 1. The van der Waals surface area contributed by atoms with Gasteiger partial charge in [-0.3, -0.25) is 9.69 Å². The van der Waals surface area contributed by atoms with Crippen molar-refractivity contribution in [2.75, 3.05) is 45.4 Å².